The Morgan fingerprint density at radius 3 is 1.48 bits per heavy atom. The van der Waals surface area contributed by atoms with Gasteiger partial charge >= 0.3 is 13.8 Å². The highest BCUT2D eigenvalue weighted by Crippen LogP contribution is 2.43. The number of phosphoric acid groups is 1. The molecule has 0 heterocycles. The Kier molecular flexibility index (Phi) is 43.4. The fourth-order valence-electron chi connectivity index (χ4n) is 7.47. The van der Waals surface area contributed by atoms with Gasteiger partial charge in [-0.1, -0.05) is 217 Å². The smallest absolute Gasteiger partial charge is 0.456 e. The molecule has 1 amide bonds. The van der Waals surface area contributed by atoms with Crippen LogP contribution in [0, 0.1) is 0 Å². The van der Waals surface area contributed by atoms with Crippen LogP contribution in [0.4, 0.5) is 0 Å². The van der Waals surface area contributed by atoms with Crippen LogP contribution >= 0.6 is 7.82 Å². The van der Waals surface area contributed by atoms with Crippen LogP contribution in [0.1, 0.15) is 233 Å². The summed E-state index contributed by atoms with van der Waals surface area (Å²) in [5.41, 5.74) is 0. The van der Waals surface area contributed by atoms with E-state index < -0.39 is 20.0 Å². The molecule has 0 aromatic carbocycles. The number of hydrogen-bond donors (Lipinski definition) is 2. The first-order chi connectivity index (χ1) is 30.9. The Balaban J connectivity index is 5.42. The molecule has 0 rings (SSSR count). The summed E-state index contributed by atoms with van der Waals surface area (Å²) in [6, 6.07) is -0.849. The van der Waals surface area contributed by atoms with Crippen molar-refractivity contribution >= 4 is 19.7 Å². The highest BCUT2D eigenvalue weighted by molar-refractivity contribution is 7.47. The van der Waals surface area contributed by atoms with Crippen LogP contribution < -0.4 is 5.32 Å². The summed E-state index contributed by atoms with van der Waals surface area (Å²) in [5, 5.41) is 3.03. The predicted molar refractivity (Wildman–Crippen MR) is 272 cm³/mol. The summed E-state index contributed by atoms with van der Waals surface area (Å²) in [5.74, 6) is -0.518. The number of nitrogens with one attached hydrogen (secondary N) is 1. The molecule has 374 valence electrons. The van der Waals surface area contributed by atoms with Crippen LogP contribution in [-0.2, 0) is 27.9 Å². The van der Waals surface area contributed by atoms with Crippen molar-refractivity contribution in [2.75, 3.05) is 40.9 Å². The fraction of sp³-hybridized carbons (Fsp3) is 0.815. The number of unbranched alkanes of at least 4 members (excludes halogenated alkanes) is 27. The van der Waals surface area contributed by atoms with E-state index in [1.165, 1.54) is 122 Å². The highest BCUT2D eigenvalue weighted by atomic mass is 31.2. The van der Waals surface area contributed by atoms with Crippen molar-refractivity contribution in [3.8, 4) is 0 Å². The Bertz CT molecular complexity index is 1240. The van der Waals surface area contributed by atoms with E-state index in [2.05, 4.69) is 62.5 Å². The van der Waals surface area contributed by atoms with Crippen LogP contribution in [0.15, 0.2) is 48.6 Å². The van der Waals surface area contributed by atoms with Gasteiger partial charge in [-0.15, -0.1) is 0 Å². The van der Waals surface area contributed by atoms with E-state index in [0.717, 1.165) is 77.0 Å². The van der Waals surface area contributed by atoms with Gasteiger partial charge in [-0.25, -0.2) is 4.57 Å². The van der Waals surface area contributed by atoms with Gasteiger partial charge in [0.1, 0.15) is 19.3 Å². The van der Waals surface area contributed by atoms with Crippen molar-refractivity contribution in [2.24, 2.45) is 0 Å². The van der Waals surface area contributed by atoms with Crippen LogP contribution in [0.2, 0.25) is 0 Å². The zero-order valence-electron chi connectivity index (χ0n) is 42.5. The summed E-state index contributed by atoms with van der Waals surface area (Å²) < 4.78 is 30.5. The topological polar surface area (TPSA) is 111 Å². The van der Waals surface area contributed by atoms with Gasteiger partial charge in [0.15, 0.2) is 0 Å². The zero-order valence-corrected chi connectivity index (χ0v) is 43.4. The van der Waals surface area contributed by atoms with Crippen LogP contribution in [0.5, 0.6) is 0 Å². The number of likely N-dealkylation sites (N-methyl/N-ethyl adjacent to an activating group) is 1. The minimum absolute atomic E-state index is 0.0380. The third kappa shape index (κ3) is 45.1. The maximum absolute atomic E-state index is 13.4. The molecule has 0 aliphatic rings. The van der Waals surface area contributed by atoms with E-state index >= 15 is 0 Å². The third-order valence-electron chi connectivity index (χ3n) is 11.6. The Hall–Kier alpha value is -2.03. The average molecular weight is 922 g/mol. The summed E-state index contributed by atoms with van der Waals surface area (Å²) >= 11 is 0. The molecule has 0 bridgehead atoms. The molecule has 0 aromatic heterocycles. The van der Waals surface area contributed by atoms with Crippen LogP contribution in [-0.4, -0.2) is 74.3 Å². The van der Waals surface area contributed by atoms with Gasteiger partial charge in [-0.2, -0.15) is 0 Å². The minimum Gasteiger partial charge on any atom is -0.456 e. The number of carbonyl (C=O) groups is 2. The lowest BCUT2D eigenvalue weighted by Crippen LogP contribution is -2.47. The SMILES string of the molecule is CC/C=C/C=C/C=C/CCCCCCCCCC(=O)NC(COP(=O)(O)OCC[N+](C)(C)C)C(/C=C/CCCCCCCCCCCC)OC(=O)CCCCCCCCCCCCC. The zero-order chi connectivity index (χ0) is 47.3. The molecule has 64 heavy (non-hydrogen) atoms. The largest absolute Gasteiger partial charge is 0.472 e. The van der Waals surface area contributed by atoms with Gasteiger partial charge in [0, 0.05) is 12.8 Å². The lowest BCUT2D eigenvalue weighted by Gasteiger charge is -2.27. The number of rotatable bonds is 47. The van der Waals surface area contributed by atoms with E-state index in [9.17, 15) is 19.0 Å². The average Bonchev–Trinajstić information content (AvgIpc) is 3.25. The second-order valence-corrected chi connectivity index (χ2v) is 20.5. The first-order valence-corrected chi connectivity index (χ1v) is 28.0. The van der Waals surface area contributed by atoms with Crippen molar-refractivity contribution in [1.82, 2.24) is 5.32 Å². The molecule has 0 saturated heterocycles. The second-order valence-electron chi connectivity index (χ2n) is 19.1. The molecule has 0 aliphatic heterocycles. The normalized spacial score (nSPS) is 14.3. The number of ether oxygens (including phenoxy) is 1. The summed E-state index contributed by atoms with van der Waals surface area (Å²) in [6.45, 7) is 6.86. The standard InChI is InChI=1S/C54H101N2O7P/c1-7-10-13-16-19-22-25-27-28-29-32-34-37-40-43-46-53(57)55-51(50-62-64(59,60)61-49-48-56(4,5)6)52(45-42-39-36-33-31-26-23-20-17-14-11-8-2)63-54(58)47-44-41-38-35-30-24-21-18-15-12-9-3/h10,13,16,19,22,25,42,45,51-52H,7-9,11-12,14-15,17-18,20-21,23-24,26-41,43-44,46-50H2,1-6H3,(H-,55,57,59,60)/p+1/b13-10+,19-16+,25-22+,45-42+. The summed E-state index contributed by atoms with van der Waals surface area (Å²) in [4.78, 5) is 37.4. The van der Waals surface area contributed by atoms with Gasteiger partial charge < -0.3 is 19.4 Å². The minimum atomic E-state index is -4.44. The van der Waals surface area contributed by atoms with Crippen LogP contribution in [0.3, 0.4) is 0 Å². The van der Waals surface area contributed by atoms with Crippen molar-refractivity contribution < 1.29 is 37.3 Å². The molecule has 2 N–H and O–H groups in total. The van der Waals surface area contributed by atoms with E-state index in [4.69, 9.17) is 13.8 Å². The molecule has 0 aliphatic carbocycles. The third-order valence-corrected chi connectivity index (χ3v) is 12.6. The summed E-state index contributed by atoms with van der Waals surface area (Å²) in [6.07, 6.45) is 52.4. The number of phosphoric ester groups is 1. The van der Waals surface area contributed by atoms with E-state index in [0.29, 0.717) is 23.9 Å². The van der Waals surface area contributed by atoms with Gasteiger partial charge in [-0.05, 0) is 51.0 Å². The lowest BCUT2D eigenvalue weighted by molar-refractivity contribution is -0.870. The summed E-state index contributed by atoms with van der Waals surface area (Å²) in [7, 11) is 1.49. The molecule has 3 unspecified atom stereocenters. The molecule has 0 radical (unpaired) electrons. The fourth-order valence-corrected chi connectivity index (χ4v) is 8.20. The second kappa shape index (κ2) is 44.8. The van der Waals surface area contributed by atoms with Gasteiger partial charge in [0.2, 0.25) is 5.91 Å². The molecular formula is C54H102N2O7P+. The molecule has 9 nitrogen and oxygen atoms in total. The number of carbonyl (C=O) groups excluding carboxylic acids is 2. The monoisotopic (exact) mass is 922 g/mol. The molecule has 0 fully saturated rings. The number of hydrogen-bond acceptors (Lipinski definition) is 6. The lowest BCUT2D eigenvalue weighted by atomic mass is 10.0. The van der Waals surface area contributed by atoms with Gasteiger partial charge in [0.25, 0.3) is 0 Å². The van der Waals surface area contributed by atoms with E-state index in [-0.39, 0.29) is 25.1 Å². The molecule has 0 aromatic rings. The Labute approximate surface area is 395 Å². The maximum atomic E-state index is 13.4. The predicted octanol–water partition coefficient (Wildman–Crippen LogP) is 15.4. The molecule has 3 atom stereocenters. The Morgan fingerprint density at radius 2 is 1.00 bits per heavy atom. The van der Waals surface area contributed by atoms with Crippen molar-refractivity contribution in [2.45, 2.75) is 245 Å². The van der Waals surface area contributed by atoms with Gasteiger partial charge in [0.05, 0.1) is 33.8 Å². The molecule has 0 saturated carbocycles. The first-order valence-electron chi connectivity index (χ1n) is 26.5. The molecular weight excluding hydrogens is 820 g/mol. The number of allylic oxidation sites excluding steroid dienone is 7. The highest BCUT2D eigenvalue weighted by Gasteiger charge is 2.30. The van der Waals surface area contributed by atoms with Gasteiger partial charge in [-0.3, -0.25) is 18.6 Å². The maximum Gasteiger partial charge on any atom is 0.472 e. The first kappa shape index (κ1) is 62.0. The van der Waals surface area contributed by atoms with E-state index in [1.54, 1.807) is 0 Å². The number of quaternary nitrogens is 1. The Morgan fingerprint density at radius 1 is 0.562 bits per heavy atom. The van der Waals surface area contributed by atoms with Crippen molar-refractivity contribution in [1.29, 1.82) is 0 Å². The molecule has 10 heteroatoms. The number of esters is 1. The van der Waals surface area contributed by atoms with Crippen LogP contribution in [0.25, 0.3) is 0 Å². The number of nitrogens with zero attached hydrogens (tertiary/aromatic N) is 1. The van der Waals surface area contributed by atoms with E-state index in [1.807, 2.05) is 33.3 Å². The number of amides is 1. The quantitative estimate of drug-likeness (QED) is 0.0156. The van der Waals surface area contributed by atoms with Crippen molar-refractivity contribution in [3.63, 3.8) is 0 Å². The molecule has 0 spiro atoms. The van der Waals surface area contributed by atoms with Crippen molar-refractivity contribution in [3.05, 3.63) is 48.6 Å².